The fourth-order valence-corrected chi connectivity index (χ4v) is 4.99. The maximum absolute atomic E-state index is 12.7. The van der Waals surface area contributed by atoms with E-state index in [-0.39, 0.29) is 22.5 Å². The Labute approximate surface area is 188 Å². The molecule has 31 heavy (non-hydrogen) atoms. The van der Waals surface area contributed by atoms with Crippen molar-refractivity contribution in [2.45, 2.75) is 26.7 Å². The number of hydrogen-bond donors (Lipinski definition) is 2. The van der Waals surface area contributed by atoms with E-state index in [1.807, 2.05) is 6.92 Å². The van der Waals surface area contributed by atoms with Crippen LogP contribution in [0.2, 0.25) is 5.02 Å². The van der Waals surface area contributed by atoms with Crippen molar-refractivity contribution in [3.8, 4) is 11.4 Å². The highest BCUT2D eigenvalue weighted by Crippen LogP contribution is 2.36. The molecule has 3 aromatic heterocycles. The molecule has 4 heterocycles. The number of carbonyl (C=O) groups excluding carboxylic acids is 1. The molecule has 0 aliphatic carbocycles. The summed E-state index contributed by atoms with van der Waals surface area (Å²) in [6.07, 6.45) is 5.84. The number of aromatic carboxylic acids is 1. The summed E-state index contributed by atoms with van der Waals surface area (Å²) < 4.78 is 0. The van der Waals surface area contributed by atoms with Gasteiger partial charge in [-0.15, -0.1) is 0 Å². The highest BCUT2D eigenvalue weighted by molar-refractivity contribution is 7.17. The van der Waals surface area contributed by atoms with Crippen LogP contribution in [0.1, 0.15) is 45.6 Å². The van der Waals surface area contributed by atoms with Crippen molar-refractivity contribution in [3.63, 3.8) is 0 Å². The molecule has 0 unspecified atom stereocenters. The number of aromatic amines is 1. The van der Waals surface area contributed by atoms with Crippen molar-refractivity contribution in [1.29, 1.82) is 0 Å². The lowest BCUT2D eigenvalue weighted by molar-refractivity contribution is 0.0702. The van der Waals surface area contributed by atoms with Crippen LogP contribution in [0, 0.1) is 18.8 Å². The van der Waals surface area contributed by atoms with Crippen LogP contribution in [0.5, 0.6) is 0 Å². The highest BCUT2D eigenvalue weighted by atomic mass is 35.5. The van der Waals surface area contributed by atoms with E-state index in [0.717, 1.165) is 23.5 Å². The van der Waals surface area contributed by atoms with Crippen molar-refractivity contribution in [2.75, 3.05) is 18.0 Å². The number of aromatic nitrogens is 4. The van der Waals surface area contributed by atoms with Gasteiger partial charge in [-0.2, -0.15) is 0 Å². The van der Waals surface area contributed by atoms with Gasteiger partial charge in [-0.3, -0.25) is 14.8 Å². The molecule has 3 aromatic rings. The number of carboxylic acids is 1. The molecule has 0 saturated carbocycles. The summed E-state index contributed by atoms with van der Waals surface area (Å²) in [4.78, 5) is 42.5. The second-order valence-corrected chi connectivity index (χ2v) is 9.21. The Morgan fingerprint density at radius 2 is 2.19 bits per heavy atom. The number of hydrogen-bond acceptors (Lipinski definition) is 7. The number of ketones is 1. The Kier molecular flexibility index (Phi) is 6.06. The van der Waals surface area contributed by atoms with Crippen LogP contribution in [-0.4, -0.2) is 49.9 Å². The number of carboxylic acid groups (broad SMARTS) is 1. The molecule has 1 aliphatic heterocycles. The fraction of sp³-hybridized carbons (Fsp3) is 0.381. The van der Waals surface area contributed by atoms with Crippen molar-refractivity contribution < 1.29 is 14.7 Å². The van der Waals surface area contributed by atoms with Gasteiger partial charge in [-0.05, 0) is 31.2 Å². The molecule has 1 aliphatic rings. The van der Waals surface area contributed by atoms with Crippen LogP contribution < -0.4 is 4.90 Å². The third-order valence-corrected chi connectivity index (χ3v) is 7.17. The van der Waals surface area contributed by atoms with E-state index in [2.05, 4.69) is 31.8 Å². The van der Waals surface area contributed by atoms with Gasteiger partial charge in [0.15, 0.2) is 10.9 Å². The first-order valence-electron chi connectivity index (χ1n) is 9.97. The number of anilines is 1. The quantitative estimate of drug-likeness (QED) is 0.527. The molecule has 162 valence electrons. The molecule has 0 bridgehead atoms. The van der Waals surface area contributed by atoms with E-state index in [4.69, 9.17) is 11.6 Å². The van der Waals surface area contributed by atoms with Gasteiger partial charge in [0, 0.05) is 37.6 Å². The van der Waals surface area contributed by atoms with Gasteiger partial charge < -0.3 is 15.0 Å². The molecule has 0 amide bonds. The third-order valence-electron chi connectivity index (χ3n) is 5.67. The standard InChI is InChI=1S/C21H22ClN5O3S/c1-11-10-27(6-3-13(11)7-17(28)15-8-14(22)12(2)25-15)21-26-18(19(31-21)20(29)30)16-9-23-4-5-24-16/h4-5,8-9,11,13,25H,3,6-7,10H2,1-2H3,(H,29,30)/t11-,13-/m0/s1. The largest absolute Gasteiger partial charge is 0.477 e. The number of rotatable bonds is 6. The minimum Gasteiger partial charge on any atom is -0.477 e. The summed E-state index contributed by atoms with van der Waals surface area (Å²) in [7, 11) is 0. The number of carbonyl (C=O) groups is 2. The molecule has 1 saturated heterocycles. The second-order valence-electron chi connectivity index (χ2n) is 7.83. The minimum absolute atomic E-state index is 0.0626. The van der Waals surface area contributed by atoms with Gasteiger partial charge in [0.1, 0.15) is 16.3 Å². The predicted octanol–water partition coefficient (Wildman–Crippen LogP) is 4.32. The Morgan fingerprint density at radius 1 is 1.39 bits per heavy atom. The summed E-state index contributed by atoms with van der Waals surface area (Å²) in [5.41, 5.74) is 2.13. The first-order valence-corrected chi connectivity index (χ1v) is 11.2. The van der Waals surface area contributed by atoms with Gasteiger partial charge in [-0.1, -0.05) is 29.9 Å². The Morgan fingerprint density at radius 3 is 2.81 bits per heavy atom. The predicted molar refractivity (Wildman–Crippen MR) is 119 cm³/mol. The lowest BCUT2D eigenvalue weighted by Gasteiger charge is -2.36. The number of nitrogens with zero attached hydrogens (tertiary/aromatic N) is 4. The van der Waals surface area contributed by atoms with E-state index >= 15 is 0 Å². The second kappa shape index (κ2) is 8.76. The van der Waals surface area contributed by atoms with Crippen LogP contribution in [-0.2, 0) is 0 Å². The SMILES string of the molecule is Cc1[nH]c(C(=O)C[C@@H]2CCN(c3nc(-c4cnccn4)c(C(=O)O)s3)C[C@@H]2C)cc1Cl. The maximum atomic E-state index is 12.7. The van der Waals surface area contributed by atoms with Gasteiger partial charge in [0.05, 0.1) is 16.9 Å². The molecule has 1 fully saturated rings. The summed E-state index contributed by atoms with van der Waals surface area (Å²) in [5, 5.41) is 10.8. The van der Waals surface area contributed by atoms with E-state index in [0.29, 0.717) is 46.7 Å². The Hall–Kier alpha value is -2.78. The first-order chi connectivity index (χ1) is 14.8. The number of halogens is 1. The average molecular weight is 460 g/mol. The molecule has 4 rings (SSSR count). The lowest BCUT2D eigenvalue weighted by atomic mass is 9.83. The zero-order valence-corrected chi connectivity index (χ0v) is 18.7. The zero-order valence-electron chi connectivity index (χ0n) is 17.1. The van der Waals surface area contributed by atoms with Gasteiger partial charge in [0.25, 0.3) is 0 Å². The number of H-pyrrole nitrogens is 1. The van der Waals surface area contributed by atoms with Gasteiger partial charge >= 0.3 is 5.97 Å². The fourth-order valence-electron chi connectivity index (χ4n) is 3.89. The number of aryl methyl sites for hydroxylation is 1. The van der Waals surface area contributed by atoms with Crippen LogP contribution in [0.3, 0.4) is 0 Å². The van der Waals surface area contributed by atoms with E-state index in [9.17, 15) is 14.7 Å². The van der Waals surface area contributed by atoms with Crippen molar-refractivity contribution in [1.82, 2.24) is 19.9 Å². The van der Waals surface area contributed by atoms with E-state index < -0.39 is 5.97 Å². The molecule has 2 N–H and O–H groups in total. The molecule has 8 nitrogen and oxygen atoms in total. The Bertz CT molecular complexity index is 1090. The topological polar surface area (TPSA) is 112 Å². The summed E-state index contributed by atoms with van der Waals surface area (Å²) >= 11 is 7.22. The van der Waals surface area contributed by atoms with Crippen LogP contribution in [0.4, 0.5) is 5.13 Å². The lowest BCUT2D eigenvalue weighted by Crippen LogP contribution is -2.40. The van der Waals surface area contributed by atoms with Crippen LogP contribution >= 0.6 is 22.9 Å². The maximum Gasteiger partial charge on any atom is 0.348 e. The molecule has 0 radical (unpaired) electrons. The third kappa shape index (κ3) is 4.47. The van der Waals surface area contributed by atoms with E-state index in [1.54, 1.807) is 6.07 Å². The molecule has 0 aromatic carbocycles. The number of thiazole rings is 1. The van der Waals surface area contributed by atoms with Gasteiger partial charge in [0.2, 0.25) is 0 Å². The molecular formula is C21H22ClN5O3S. The number of nitrogens with one attached hydrogen (secondary N) is 1. The zero-order chi connectivity index (χ0) is 22.1. The van der Waals surface area contributed by atoms with Gasteiger partial charge in [-0.25, -0.2) is 9.78 Å². The molecular weight excluding hydrogens is 438 g/mol. The monoisotopic (exact) mass is 459 g/mol. The summed E-state index contributed by atoms with van der Waals surface area (Å²) in [5.74, 6) is -0.476. The number of Topliss-reactive ketones (excluding diaryl/α,β-unsaturated/α-hetero) is 1. The summed E-state index contributed by atoms with van der Waals surface area (Å²) in [6.45, 7) is 5.37. The Balaban J connectivity index is 1.47. The highest BCUT2D eigenvalue weighted by Gasteiger charge is 2.31. The van der Waals surface area contributed by atoms with Crippen molar-refractivity contribution in [2.24, 2.45) is 11.8 Å². The van der Waals surface area contributed by atoms with Crippen molar-refractivity contribution in [3.05, 3.63) is 45.9 Å². The van der Waals surface area contributed by atoms with Crippen molar-refractivity contribution >= 4 is 39.8 Å². The number of piperidine rings is 1. The molecule has 2 atom stereocenters. The van der Waals surface area contributed by atoms with E-state index in [1.165, 1.54) is 18.6 Å². The first kappa shape index (κ1) is 21.5. The average Bonchev–Trinajstić information content (AvgIpc) is 3.34. The normalized spacial score (nSPS) is 18.9. The molecule has 10 heteroatoms. The minimum atomic E-state index is -1.03. The van der Waals surface area contributed by atoms with Crippen LogP contribution in [0.25, 0.3) is 11.4 Å². The smallest absolute Gasteiger partial charge is 0.348 e. The molecule has 0 spiro atoms. The summed E-state index contributed by atoms with van der Waals surface area (Å²) in [6, 6.07) is 1.69. The van der Waals surface area contributed by atoms with Crippen LogP contribution in [0.15, 0.2) is 24.7 Å².